The van der Waals surface area contributed by atoms with Gasteiger partial charge in [0, 0.05) is 10.5 Å². The third-order valence-electron chi connectivity index (χ3n) is 7.76. The van der Waals surface area contributed by atoms with Crippen LogP contribution < -0.4 is 9.47 Å². The van der Waals surface area contributed by atoms with Crippen molar-refractivity contribution in [3.05, 3.63) is 77.9 Å². The second kappa shape index (κ2) is 19.2. The summed E-state index contributed by atoms with van der Waals surface area (Å²) in [5, 5.41) is -0.0276. The number of ether oxygens (including phenoxy) is 3. The predicted molar refractivity (Wildman–Crippen MR) is 182 cm³/mol. The number of benzene rings is 3. The molecule has 3 aromatic carbocycles. The van der Waals surface area contributed by atoms with E-state index >= 15 is 0 Å². The third-order valence-corrected chi connectivity index (χ3v) is 8.86. The van der Waals surface area contributed by atoms with E-state index in [1.165, 1.54) is 56.7 Å². The molecule has 0 fully saturated rings. The van der Waals surface area contributed by atoms with E-state index in [9.17, 15) is 9.59 Å². The summed E-state index contributed by atoms with van der Waals surface area (Å²) in [6.07, 6.45) is 11.1. The van der Waals surface area contributed by atoms with Crippen molar-refractivity contribution in [1.82, 2.24) is 0 Å². The Kier molecular flexibility index (Phi) is 15.4. The molecule has 0 spiro atoms. The Morgan fingerprint density at radius 1 is 0.727 bits per heavy atom. The number of hydrogen-bond donors (Lipinski definition) is 0. The van der Waals surface area contributed by atoms with Crippen LogP contribution in [0.5, 0.6) is 11.5 Å². The minimum absolute atomic E-state index is 0.0276. The average Bonchev–Trinajstić information content (AvgIpc) is 3.04. The van der Waals surface area contributed by atoms with E-state index in [1.54, 1.807) is 13.0 Å². The van der Waals surface area contributed by atoms with E-state index in [0.29, 0.717) is 11.3 Å². The van der Waals surface area contributed by atoms with Crippen molar-refractivity contribution < 1.29 is 23.8 Å². The monoisotopic (exact) mass is 618 g/mol. The van der Waals surface area contributed by atoms with Crippen LogP contribution in [0, 0.1) is 6.92 Å². The summed E-state index contributed by atoms with van der Waals surface area (Å²) < 4.78 is 17.3. The first-order chi connectivity index (χ1) is 21.3. The summed E-state index contributed by atoms with van der Waals surface area (Å²) in [7, 11) is 0. The van der Waals surface area contributed by atoms with E-state index in [1.807, 2.05) is 69.3 Å². The second-order valence-electron chi connectivity index (χ2n) is 11.4. The van der Waals surface area contributed by atoms with E-state index in [-0.39, 0.29) is 17.2 Å². The number of aryl methyl sites for hydroxylation is 1. The number of carbonyl (C=O) groups is 2. The van der Waals surface area contributed by atoms with E-state index in [0.717, 1.165) is 53.2 Å². The molecule has 238 valence electrons. The average molecular weight is 619 g/mol. The molecule has 5 nitrogen and oxygen atoms in total. The van der Waals surface area contributed by atoms with Crippen molar-refractivity contribution in [3.8, 4) is 22.6 Å². The molecule has 0 aliphatic heterocycles. The number of rotatable bonds is 19. The molecule has 0 heterocycles. The summed E-state index contributed by atoms with van der Waals surface area (Å²) in [6.45, 7) is 10.6. The molecular formula is C38H50O5S. The topological polar surface area (TPSA) is 61.8 Å². The normalized spacial score (nSPS) is 11.8. The Balaban J connectivity index is 1.46. The van der Waals surface area contributed by atoms with E-state index in [2.05, 4.69) is 19.1 Å². The van der Waals surface area contributed by atoms with Crippen molar-refractivity contribution >= 4 is 22.8 Å². The summed E-state index contributed by atoms with van der Waals surface area (Å²) in [5.74, 6) is 1.09. The highest BCUT2D eigenvalue weighted by Gasteiger charge is 2.20. The maximum Gasteiger partial charge on any atom is 0.347 e. The number of unbranched alkanes of at least 4 members (excludes halogenated alkanes) is 7. The molecule has 3 aromatic rings. The van der Waals surface area contributed by atoms with Gasteiger partial charge < -0.3 is 14.2 Å². The summed E-state index contributed by atoms with van der Waals surface area (Å²) in [4.78, 5) is 26.3. The van der Waals surface area contributed by atoms with Crippen molar-refractivity contribution in [2.24, 2.45) is 0 Å². The van der Waals surface area contributed by atoms with Crippen LogP contribution in [0.1, 0.15) is 108 Å². The lowest BCUT2D eigenvalue weighted by Gasteiger charge is -2.19. The molecule has 0 aliphatic carbocycles. The molecule has 0 radical (unpaired) electrons. The first-order valence-corrected chi connectivity index (χ1v) is 17.2. The van der Waals surface area contributed by atoms with Crippen LogP contribution in [0.15, 0.2) is 71.6 Å². The van der Waals surface area contributed by atoms with Crippen LogP contribution >= 0.6 is 11.8 Å². The maximum absolute atomic E-state index is 13.0. The molecule has 0 saturated heterocycles. The van der Waals surface area contributed by atoms with Gasteiger partial charge in [-0.25, -0.2) is 4.79 Å². The smallest absolute Gasteiger partial charge is 0.347 e. The zero-order chi connectivity index (χ0) is 31.7. The number of esters is 1. The largest absolute Gasteiger partial charge is 0.494 e. The number of carbonyl (C=O) groups excluding carboxylic acids is 2. The fourth-order valence-corrected chi connectivity index (χ4v) is 5.71. The van der Waals surface area contributed by atoms with Crippen LogP contribution in [0.25, 0.3) is 11.1 Å². The molecule has 0 N–H and O–H groups in total. The molecule has 6 heteroatoms. The van der Waals surface area contributed by atoms with Crippen molar-refractivity contribution in [2.75, 3.05) is 6.61 Å². The van der Waals surface area contributed by atoms with Gasteiger partial charge in [-0.05, 0) is 104 Å². The summed E-state index contributed by atoms with van der Waals surface area (Å²) in [6, 6.07) is 21.4. The summed E-state index contributed by atoms with van der Waals surface area (Å²) in [5.41, 5.74) is 3.68. The Hall–Kier alpha value is -3.25. The van der Waals surface area contributed by atoms with Crippen LogP contribution in [0.4, 0.5) is 0 Å². The zero-order valence-electron chi connectivity index (χ0n) is 27.2. The molecule has 44 heavy (non-hydrogen) atoms. The lowest BCUT2D eigenvalue weighted by Crippen LogP contribution is -2.29. The molecule has 0 saturated carbocycles. The molecular weight excluding hydrogens is 568 g/mol. The molecule has 0 amide bonds. The molecule has 0 aromatic heterocycles. The van der Waals surface area contributed by atoms with Crippen molar-refractivity contribution in [3.63, 3.8) is 0 Å². The molecule has 0 aliphatic rings. The van der Waals surface area contributed by atoms with Gasteiger partial charge in [-0.3, -0.25) is 4.79 Å². The Bertz CT molecular complexity index is 1280. The van der Waals surface area contributed by atoms with Crippen LogP contribution in [0.2, 0.25) is 0 Å². The zero-order valence-corrected chi connectivity index (χ0v) is 28.0. The fourth-order valence-electron chi connectivity index (χ4n) is 4.90. The molecule has 1 atom stereocenters. The first-order valence-electron chi connectivity index (χ1n) is 16.4. The van der Waals surface area contributed by atoms with Crippen molar-refractivity contribution in [2.45, 2.75) is 116 Å². The lowest BCUT2D eigenvalue weighted by atomic mass is 10.0. The fraction of sp³-hybridized carbons (Fsp3) is 0.474. The molecule has 3 rings (SSSR count). The van der Waals surface area contributed by atoms with Gasteiger partial charge in [-0.15, -0.1) is 0 Å². The highest BCUT2D eigenvalue weighted by atomic mass is 32.2. The highest BCUT2D eigenvalue weighted by molar-refractivity contribution is 8.14. The first kappa shape index (κ1) is 35.2. The molecule has 0 bridgehead atoms. The van der Waals surface area contributed by atoms with Crippen LogP contribution in [0.3, 0.4) is 0 Å². The number of thioether (sulfide) groups is 1. The van der Waals surface area contributed by atoms with Gasteiger partial charge in [-0.2, -0.15) is 0 Å². The summed E-state index contributed by atoms with van der Waals surface area (Å²) >= 11 is 1.19. The van der Waals surface area contributed by atoms with Crippen LogP contribution in [-0.4, -0.2) is 29.9 Å². The van der Waals surface area contributed by atoms with Gasteiger partial charge in [0.1, 0.15) is 17.6 Å². The minimum Gasteiger partial charge on any atom is -0.494 e. The predicted octanol–water partition coefficient (Wildman–Crippen LogP) is 10.6. The Labute approximate surface area is 269 Å². The van der Waals surface area contributed by atoms with Crippen LogP contribution in [-0.2, 0) is 9.53 Å². The minimum atomic E-state index is -0.711. The van der Waals surface area contributed by atoms with Crippen molar-refractivity contribution in [1.29, 1.82) is 0 Å². The van der Waals surface area contributed by atoms with Gasteiger partial charge in [0.05, 0.1) is 6.61 Å². The second-order valence-corrected chi connectivity index (χ2v) is 12.4. The van der Waals surface area contributed by atoms with Gasteiger partial charge in [-0.1, -0.05) is 90.0 Å². The lowest BCUT2D eigenvalue weighted by molar-refractivity contribution is -0.157. The SMILES string of the molecule is CCCCCCCCCCOc1ccc(-c2ccc(C(=O)Sc3ccc(OC(C)C(=O)OC(CC)CC)cc3C)cc2)cc1. The quantitative estimate of drug-likeness (QED) is 0.0757. The van der Waals surface area contributed by atoms with Gasteiger partial charge in [0.15, 0.2) is 6.10 Å². The Morgan fingerprint density at radius 2 is 1.30 bits per heavy atom. The standard InChI is InChI=1S/C38H50O5S/c1-6-9-10-11-12-13-14-15-26-41-34-22-20-31(21-23-34)30-16-18-32(19-17-30)38(40)44-36-25-24-35(27-28(36)4)42-29(5)37(39)43-33(7-2)8-3/h16-25,27,29,33H,6-15,26H2,1-5H3. The van der Waals surface area contributed by atoms with Gasteiger partial charge in [0.2, 0.25) is 5.12 Å². The highest BCUT2D eigenvalue weighted by Crippen LogP contribution is 2.30. The Morgan fingerprint density at radius 3 is 1.89 bits per heavy atom. The van der Waals surface area contributed by atoms with E-state index in [4.69, 9.17) is 14.2 Å². The van der Waals surface area contributed by atoms with E-state index < -0.39 is 6.10 Å². The van der Waals surface area contributed by atoms with Gasteiger partial charge in [0.25, 0.3) is 0 Å². The van der Waals surface area contributed by atoms with Gasteiger partial charge >= 0.3 is 5.97 Å². The third kappa shape index (κ3) is 11.7. The maximum atomic E-state index is 13.0. The molecule has 1 unspecified atom stereocenters. The number of hydrogen-bond acceptors (Lipinski definition) is 6.